The summed E-state index contributed by atoms with van der Waals surface area (Å²) in [6, 6.07) is 10.8. The normalized spacial score (nSPS) is 20.5. The van der Waals surface area contributed by atoms with E-state index in [1.165, 1.54) is 0 Å². The number of fused-ring (bicyclic) bond motifs is 2. The summed E-state index contributed by atoms with van der Waals surface area (Å²) in [5, 5.41) is 19.4. The van der Waals surface area contributed by atoms with Gasteiger partial charge >= 0.3 is 0 Å². The molecular formula is C23H26N8O. The molecule has 1 N–H and O–H groups in total. The lowest BCUT2D eigenvalue weighted by Gasteiger charge is -2.34. The van der Waals surface area contributed by atoms with Crippen LogP contribution in [0.1, 0.15) is 24.8 Å². The Bertz CT molecular complexity index is 1250. The van der Waals surface area contributed by atoms with Gasteiger partial charge in [0.05, 0.1) is 24.4 Å². The Morgan fingerprint density at radius 3 is 2.84 bits per heavy atom. The smallest absolute Gasteiger partial charge is 0.221 e. The van der Waals surface area contributed by atoms with Crippen molar-refractivity contribution in [1.29, 1.82) is 0 Å². The minimum atomic E-state index is -0.135. The molecule has 0 bridgehead atoms. The van der Waals surface area contributed by atoms with E-state index < -0.39 is 0 Å². The molecule has 1 atom stereocenters. The molecule has 0 amide bonds. The van der Waals surface area contributed by atoms with Crippen molar-refractivity contribution >= 4 is 28.0 Å². The van der Waals surface area contributed by atoms with Crippen LogP contribution in [0.3, 0.4) is 0 Å². The van der Waals surface area contributed by atoms with Crippen molar-refractivity contribution in [3.05, 3.63) is 48.3 Å². The van der Waals surface area contributed by atoms with E-state index in [9.17, 15) is 5.11 Å². The molecule has 4 aromatic rings. The Hall–Kier alpha value is -3.17. The summed E-state index contributed by atoms with van der Waals surface area (Å²) < 4.78 is 1.82. The number of hydrogen-bond acceptors (Lipinski definition) is 8. The zero-order chi connectivity index (χ0) is 21.5. The largest absolute Gasteiger partial charge is 0.393 e. The summed E-state index contributed by atoms with van der Waals surface area (Å²) in [5.41, 5.74) is 3.38. The van der Waals surface area contributed by atoms with Gasteiger partial charge in [-0.15, -0.1) is 5.10 Å². The van der Waals surface area contributed by atoms with Gasteiger partial charge in [0.1, 0.15) is 5.82 Å². The lowest BCUT2D eigenvalue weighted by atomic mass is 10.1. The average Bonchev–Trinajstić information content (AvgIpc) is 3.47. The van der Waals surface area contributed by atoms with Crippen LogP contribution in [0, 0.1) is 0 Å². The third kappa shape index (κ3) is 3.67. The molecule has 0 radical (unpaired) electrons. The van der Waals surface area contributed by atoms with Gasteiger partial charge in [0, 0.05) is 43.8 Å². The number of pyridine rings is 1. The van der Waals surface area contributed by atoms with E-state index in [-0.39, 0.29) is 6.10 Å². The summed E-state index contributed by atoms with van der Waals surface area (Å²) in [7, 11) is 0. The van der Waals surface area contributed by atoms with Crippen LogP contribution in [0.2, 0.25) is 0 Å². The molecule has 2 fully saturated rings. The highest BCUT2D eigenvalue weighted by molar-refractivity contribution is 5.79. The predicted molar refractivity (Wildman–Crippen MR) is 121 cm³/mol. The molecule has 2 aliphatic rings. The van der Waals surface area contributed by atoms with E-state index in [0.717, 1.165) is 67.7 Å². The van der Waals surface area contributed by atoms with Crippen LogP contribution in [0.5, 0.6) is 0 Å². The van der Waals surface area contributed by atoms with E-state index in [2.05, 4.69) is 48.3 Å². The van der Waals surface area contributed by atoms with Crippen LogP contribution in [-0.4, -0.2) is 78.3 Å². The Morgan fingerprint density at radius 2 is 1.94 bits per heavy atom. The van der Waals surface area contributed by atoms with E-state index in [1.807, 2.05) is 29.2 Å². The van der Waals surface area contributed by atoms with Crippen molar-refractivity contribution in [1.82, 2.24) is 34.8 Å². The zero-order valence-corrected chi connectivity index (χ0v) is 17.9. The van der Waals surface area contributed by atoms with E-state index in [4.69, 9.17) is 4.98 Å². The van der Waals surface area contributed by atoms with E-state index in [1.54, 1.807) is 0 Å². The molecule has 164 valence electrons. The monoisotopic (exact) mass is 430 g/mol. The summed E-state index contributed by atoms with van der Waals surface area (Å²) >= 11 is 0. The van der Waals surface area contributed by atoms with Crippen LogP contribution < -0.4 is 4.90 Å². The highest BCUT2D eigenvalue weighted by Gasteiger charge is 2.31. The number of rotatable bonds is 4. The van der Waals surface area contributed by atoms with Crippen molar-refractivity contribution in [2.24, 2.45) is 0 Å². The van der Waals surface area contributed by atoms with Crippen LogP contribution in [0.4, 0.5) is 5.82 Å². The number of aromatic nitrogens is 6. The molecule has 0 unspecified atom stereocenters. The van der Waals surface area contributed by atoms with Crippen molar-refractivity contribution in [2.75, 3.05) is 31.1 Å². The third-order valence-electron chi connectivity index (χ3n) is 6.72. The van der Waals surface area contributed by atoms with Crippen LogP contribution >= 0.6 is 0 Å². The maximum absolute atomic E-state index is 9.79. The second kappa shape index (κ2) is 8.07. The summed E-state index contributed by atoms with van der Waals surface area (Å²) in [4.78, 5) is 18.6. The predicted octanol–water partition coefficient (Wildman–Crippen LogP) is 1.85. The molecule has 5 heterocycles. The van der Waals surface area contributed by atoms with Gasteiger partial charge in [0.25, 0.3) is 0 Å². The molecule has 0 saturated carbocycles. The van der Waals surface area contributed by atoms with Crippen LogP contribution in [0.25, 0.3) is 22.2 Å². The molecule has 1 aromatic carbocycles. The second-order valence-electron chi connectivity index (χ2n) is 8.81. The number of aliphatic hydroxyl groups is 1. The van der Waals surface area contributed by atoms with Gasteiger partial charge in [-0.3, -0.25) is 9.88 Å². The number of piperidine rings is 1. The minimum absolute atomic E-state index is 0.135. The van der Waals surface area contributed by atoms with Crippen molar-refractivity contribution in [3.8, 4) is 0 Å². The molecule has 9 nitrogen and oxygen atoms in total. The number of aliphatic hydroxyl groups excluding tert-OH is 1. The van der Waals surface area contributed by atoms with Crippen molar-refractivity contribution in [2.45, 2.75) is 38.0 Å². The molecule has 32 heavy (non-hydrogen) atoms. The average molecular weight is 431 g/mol. The van der Waals surface area contributed by atoms with E-state index >= 15 is 0 Å². The Labute approximate surface area is 185 Å². The quantitative estimate of drug-likeness (QED) is 0.524. The third-order valence-corrected chi connectivity index (χ3v) is 6.72. The first-order valence-electron chi connectivity index (χ1n) is 11.3. The fourth-order valence-corrected chi connectivity index (χ4v) is 4.90. The Balaban J connectivity index is 1.22. The molecule has 0 aliphatic carbocycles. The maximum Gasteiger partial charge on any atom is 0.221 e. The summed E-state index contributed by atoms with van der Waals surface area (Å²) in [6.07, 6.45) is 6.34. The van der Waals surface area contributed by atoms with Gasteiger partial charge in [-0.05, 0) is 43.0 Å². The Morgan fingerprint density at radius 1 is 1.03 bits per heavy atom. The van der Waals surface area contributed by atoms with Gasteiger partial charge in [0.15, 0.2) is 5.65 Å². The first-order chi connectivity index (χ1) is 15.7. The van der Waals surface area contributed by atoms with Gasteiger partial charge in [0.2, 0.25) is 5.65 Å². The van der Waals surface area contributed by atoms with Gasteiger partial charge in [-0.2, -0.15) is 0 Å². The van der Waals surface area contributed by atoms with Crippen molar-refractivity contribution < 1.29 is 5.11 Å². The molecule has 2 aliphatic heterocycles. The number of anilines is 1. The molecule has 0 spiro atoms. The fraction of sp³-hybridized carbons (Fsp3) is 0.435. The minimum Gasteiger partial charge on any atom is -0.393 e. The number of nitrogens with zero attached hydrogens (tertiary/aromatic N) is 8. The summed E-state index contributed by atoms with van der Waals surface area (Å²) in [6.45, 7) is 4.43. The van der Waals surface area contributed by atoms with Crippen LogP contribution in [-0.2, 0) is 6.54 Å². The molecule has 9 heteroatoms. The number of benzene rings is 1. The number of hydrogen-bond donors (Lipinski definition) is 1. The fourth-order valence-electron chi connectivity index (χ4n) is 4.90. The highest BCUT2D eigenvalue weighted by atomic mass is 16.3. The number of likely N-dealkylation sites (tertiary alicyclic amines) is 1. The lowest BCUT2D eigenvalue weighted by Crippen LogP contribution is -2.44. The Kier molecular flexibility index (Phi) is 4.92. The van der Waals surface area contributed by atoms with Crippen LogP contribution in [0.15, 0.2) is 42.7 Å². The van der Waals surface area contributed by atoms with E-state index in [0.29, 0.717) is 23.9 Å². The van der Waals surface area contributed by atoms with Crippen molar-refractivity contribution in [3.63, 3.8) is 0 Å². The molecule has 2 saturated heterocycles. The first kappa shape index (κ1) is 19.5. The first-order valence-corrected chi connectivity index (χ1v) is 11.3. The highest BCUT2D eigenvalue weighted by Crippen LogP contribution is 2.25. The lowest BCUT2D eigenvalue weighted by molar-refractivity contribution is 0.0653. The molecular weight excluding hydrogens is 404 g/mol. The SMILES string of the molecule is OC1CCN([C@@H]2CCN(c3cnc4nnn(Cc5ccc6ncccc6c5)c4n3)C2)CC1. The standard InChI is InChI=1S/C23H26N8O/c32-19-6-10-29(11-7-19)18-5-9-30(15-18)21-13-25-22-23(26-21)31(28-27-22)14-16-3-4-20-17(12-16)2-1-8-24-20/h1-4,8,12-13,18-19,32H,5-7,9-11,14-15H2/t18-/m1/s1. The molecule has 6 rings (SSSR count). The van der Waals surface area contributed by atoms with Gasteiger partial charge in [-0.25, -0.2) is 14.6 Å². The maximum atomic E-state index is 9.79. The topological polar surface area (TPSA) is 96.1 Å². The molecule has 3 aromatic heterocycles. The zero-order valence-electron chi connectivity index (χ0n) is 17.9. The summed E-state index contributed by atoms with van der Waals surface area (Å²) in [5.74, 6) is 0.878. The second-order valence-corrected chi connectivity index (χ2v) is 8.81. The van der Waals surface area contributed by atoms with Gasteiger partial charge < -0.3 is 10.0 Å². The van der Waals surface area contributed by atoms with Gasteiger partial charge in [-0.1, -0.05) is 17.3 Å².